The Bertz CT molecular complexity index is 739. The van der Waals surface area contributed by atoms with Gasteiger partial charge in [-0.15, -0.1) is 0 Å². The number of carbonyl (C=O) groups excluding carboxylic acids is 3. The second kappa shape index (κ2) is 11.0. The van der Waals surface area contributed by atoms with Gasteiger partial charge in [-0.3, -0.25) is 14.4 Å². The van der Waals surface area contributed by atoms with Crippen LogP contribution in [0.2, 0.25) is 0 Å². The van der Waals surface area contributed by atoms with E-state index in [-0.39, 0.29) is 48.2 Å². The lowest BCUT2D eigenvalue weighted by atomic mass is 9.70. The van der Waals surface area contributed by atoms with Crippen molar-refractivity contribution in [2.45, 2.75) is 85.7 Å². The van der Waals surface area contributed by atoms with Crippen molar-refractivity contribution < 1.29 is 24.2 Å². The van der Waals surface area contributed by atoms with E-state index in [0.29, 0.717) is 19.4 Å². The summed E-state index contributed by atoms with van der Waals surface area (Å²) in [6, 6.07) is -0.656. The number of aliphatic hydroxyl groups is 1. The van der Waals surface area contributed by atoms with Crippen LogP contribution in [0.3, 0.4) is 0 Å². The van der Waals surface area contributed by atoms with Crippen molar-refractivity contribution in [2.75, 3.05) is 19.8 Å². The van der Waals surface area contributed by atoms with Gasteiger partial charge in [0.2, 0.25) is 11.8 Å². The monoisotopic (exact) mass is 464 g/mol. The van der Waals surface area contributed by atoms with Gasteiger partial charge >= 0.3 is 5.97 Å². The molecule has 1 aliphatic heterocycles. The summed E-state index contributed by atoms with van der Waals surface area (Å²) >= 11 is 0. The lowest BCUT2D eigenvalue weighted by Gasteiger charge is -2.36. The lowest BCUT2D eigenvalue weighted by molar-refractivity contribution is -0.155. The van der Waals surface area contributed by atoms with Gasteiger partial charge in [-0.25, -0.2) is 0 Å². The number of nitrogens with zero attached hydrogens (tertiary/aromatic N) is 1. The first-order valence-corrected chi connectivity index (χ1v) is 12.4. The van der Waals surface area contributed by atoms with Crippen molar-refractivity contribution in [3.8, 4) is 0 Å². The SMILES string of the molecule is CCOC(=O)[C@H]1[C@H]2C(=O)N(CCCCCO)[C@H](C(=O)NC(C)(C)CC(C)(C)C)[C@H]2C=C[C@H]1C. The van der Waals surface area contributed by atoms with Gasteiger partial charge in [0.05, 0.1) is 18.4 Å². The first-order valence-electron chi connectivity index (χ1n) is 12.4. The van der Waals surface area contributed by atoms with Gasteiger partial charge in [-0.1, -0.05) is 39.8 Å². The quantitative estimate of drug-likeness (QED) is 0.294. The zero-order valence-corrected chi connectivity index (χ0v) is 21.5. The molecule has 33 heavy (non-hydrogen) atoms. The van der Waals surface area contributed by atoms with Crippen molar-refractivity contribution in [3.63, 3.8) is 0 Å². The summed E-state index contributed by atoms with van der Waals surface area (Å²) in [5.41, 5.74) is -0.408. The van der Waals surface area contributed by atoms with Crippen LogP contribution in [0.5, 0.6) is 0 Å². The topological polar surface area (TPSA) is 95.9 Å². The van der Waals surface area contributed by atoms with E-state index in [1.807, 2.05) is 32.9 Å². The summed E-state index contributed by atoms with van der Waals surface area (Å²) < 4.78 is 5.32. The number of carbonyl (C=O) groups is 3. The van der Waals surface area contributed by atoms with Crippen molar-refractivity contribution >= 4 is 17.8 Å². The van der Waals surface area contributed by atoms with Gasteiger partial charge in [-0.2, -0.15) is 0 Å². The number of hydrogen-bond acceptors (Lipinski definition) is 5. The van der Waals surface area contributed by atoms with Crippen LogP contribution in [0.15, 0.2) is 12.2 Å². The van der Waals surface area contributed by atoms with E-state index in [2.05, 4.69) is 26.1 Å². The van der Waals surface area contributed by atoms with E-state index in [1.54, 1.807) is 11.8 Å². The first-order chi connectivity index (χ1) is 15.3. The number of unbranched alkanes of at least 4 members (excludes halogenated alkanes) is 2. The molecule has 7 heteroatoms. The standard InChI is InChI=1S/C26H44N2O5/c1-8-33-24(32)19-17(2)12-13-18-20(19)23(31)28(14-10-9-11-15-29)21(18)22(30)27-26(6,7)16-25(3,4)5/h12-13,17-21,29H,8-11,14-16H2,1-7H3,(H,27,30)/t17-,18+,19-,20+,21+/m1/s1. The van der Waals surface area contributed by atoms with Crippen LogP contribution in [0.25, 0.3) is 0 Å². The van der Waals surface area contributed by atoms with E-state index >= 15 is 0 Å². The highest BCUT2D eigenvalue weighted by Gasteiger charge is 2.57. The maximum absolute atomic E-state index is 13.6. The van der Waals surface area contributed by atoms with Gasteiger partial charge in [0.15, 0.2) is 0 Å². The van der Waals surface area contributed by atoms with E-state index in [0.717, 1.165) is 12.8 Å². The van der Waals surface area contributed by atoms with Crippen LogP contribution in [0, 0.1) is 29.1 Å². The van der Waals surface area contributed by atoms with Crippen molar-refractivity contribution in [3.05, 3.63) is 12.2 Å². The number of rotatable bonds is 10. The van der Waals surface area contributed by atoms with Crippen molar-refractivity contribution in [1.82, 2.24) is 10.2 Å². The minimum absolute atomic E-state index is 0.0317. The van der Waals surface area contributed by atoms with E-state index < -0.39 is 23.4 Å². The van der Waals surface area contributed by atoms with Gasteiger partial charge in [-0.05, 0) is 57.8 Å². The zero-order valence-electron chi connectivity index (χ0n) is 21.5. The maximum Gasteiger partial charge on any atom is 0.310 e. The van der Waals surface area contributed by atoms with Crippen molar-refractivity contribution in [2.24, 2.45) is 29.1 Å². The zero-order chi connectivity index (χ0) is 25.0. The van der Waals surface area contributed by atoms with E-state index in [4.69, 9.17) is 9.84 Å². The molecule has 1 fully saturated rings. The Balaban J connectivity index is 2.35. The van der Waals surface area contributed by atoms with Crippen LogP contribution in [-0.4, -0.2) is 59.1 Å². The molecule has 0 spiro atoms. The third kappa shape index (κ3) is 6.81. The molecule has 0 aromatic heterocycles. The Hall–Kier alpha value is -1.89. The fourth-order valence-electron chi connectivity index (χ4n) is 5.78. The molecule has 2 rings (SSSR count). The molecular formula is C26H44N2O5. The van der Waals surface area contributed by atoms with Crippen LogP contribution in [0.4, 0.5) is 0 Å². The predicted octanol–water partition coefficient (Wildman–Crippen LogP) is 3.31. The fourth-order valence-corrected chi connectivity index (χ4v) is 5.78. The smallest absolute Gasteiger partial charge is 0.310 e. The third-order valence-corrected chi connectivity index (χ3v) is 6.59. The number of amides is 2. The number of likely N-dealkylation sites (tertiary alicyclic amines) is 1. The molecule has 0 saturated carbocycles. The van der Waals surface area contributed by atoms with Crippen molar-refractivity contribution in [1.29, 1.82) is 0 Å². The Morgan fingerprint density at radius 1 is 1.12 bits per heavy atom. The van der Waals surface area contributed by atoms with Gasteiger partial charge in [0.25, 0.3) is 0 Å². The molecule has 2 amide bonds. The molecule has 1 heterocycles. The first kappa shape index (κ1) is 27.4. The molecule has 1 saturated heterocycles. The average molecular weight is 465 g/mol. The van der Waals surface area contributed by atoms with Crippen LogP contribution < -0.4 is 5.32 Å². The summed E-state index contributed by atoms with van der Waals surface area (Å²) in [7, 11) is 0. The highest BCUT2D eigenvalue weighted by molar-refractivity contribution is 5.96. The molecule has 0 radical (unpaired) electrons. The molecule has 0 aromatic rings. The summed E-state index contributed by atoms with van der Waals surface area (Å²) in [5, 5.41) is 12.3. The summed E-state index contributed by atoms with van der Waals surface area (Å²) in [4.78, 5) is 41.7. The van der Waals surface area contributed by atoms with E-state index in [1.165, 1.54) is 0 Å². The number of nitrogens with one attached hydrogen (secondary N) is 1. The summed E-state index contributed by atoms with van der Waals surface area (Å²) in [6.45, 7) is 14.9. The van der Waals surface area contributed by atoms with E-state index in [9.17, 15) is 14.4 Å². The number of ether oxygens (including phenoxy) is 1. The lowest BCUT2D eigenvalue weighted by Crippen LogP contribution is -2.54. The number of aliphatic hydroxyl groups excluding tert-OH is 1. The minimum atomic E-state index is -0.656. The van der Waals surface area contributed by atoms with Gasteiger partial charge in [0.1, 0.15) is 6.04 Å². The molecule has 0 unspecified atom stereocenters. The highest BCUT2D eigenvalue weighted by atomic mass is 16.5. The Morgan fingerprint density at radius 2 is 1.79 bits per heavy atom. The Morgan fingerprint density at radius 3 is 2.36 bits per heavy atom. The molecule has 0 bridgehead atoms. The molecule has 2 aliphatic rings. The normalized spacial score (nSPS) is 27.5. The summed E-state index contributed by atoms with van der Waals surface area (Å²) in [6.07, 6.45) is 6.82. The molecule has 188 valence electrons. The third-order valence-electron chi connectivity index (χ3n) is 6.59. The maximum atomic E-state index is 13.6. The number of fused-ring (bicyclic) bond motifs is 1. The average Bonchev–Trinajstić information content (AvgIpc) is 2.95. The van der Waals surface area contributed by atoms with Gasteiger partial charge in [0, 0.05) is 24.6 Å². The van der Waals surface area contributed by atoms with Crippen LogP contribution in [0.1, 0.15) is 74.1 Å². The molecule has 5 atom stereocenters. The predicted molar refractivity (Wildman–Crippen MR) is 128 cm³/mol. The second-order valence-corrected chi connectivity index (χ2v) is 11.5. The Labute approximate surface area is 199 Å². The number of esters is 1. The van der Waals surface area contributed by atoms with Crippen LogP contribution >= 0.6 is 0 Å². The summed E-state index contributed by atoms with van der Waals surface area (Å²) in [5.74, 6) is -2.37. The molecule has 0 aromatic carbocycles. The molecule has 1 aliphatic carbocycles. The Kier molecular flexibility index (Phi) is 9.14. The molecular weight excluding hydrogens is 420 g/mol. The largest absolute Gasteiger partial charge is 0.466 e. The molecule has 7 nitrogen and oxygen atoms in total. The number of allylic oxidation sites excluding steroid dienone is 1. The molecule has 2 N–H and O–H groups in total. The van der Waals surface area contributed by atoms with Crippen LogP contribution in [-0.2, 0) is 19.1 Å². The number of hydrogen-bond donors (Lipinski definition) is 2. The minimum Gasteiger partial charge on any atom is -0.466 e. The van der Waals surface area contributed by atoms with Gasteiger partial charge < -0.3 is 20.1 Å². The highest BCUT2D eigenvalue weighted by Crippen LogP contribution is 2.44. The second-order valence-electron chi connectivity index (χ2n) is 11.5. The fraction of sp³-hybridized carbons (Fsp3) is 0.808.